The van der Waals surface area contributed by atoms with Gasteiger partial charge >= 0.3 is 12.0 Å². The fraction of sp³-hybridized carbons (Fsp3) is 0.308. The molecule has 0 radical (unpaired) electrons. The summed E-state index contributed by atoms with van der Waals surface area (Å²) < 4.78 is 0. The molecule has 2 amide bonds. The highest BCUT2D eigenvalue weighted by atomic mass is 16.4. The van der Waals surface area contributed by atoms with Crippen LogP contribution in [0, 0.1) is 11.3 Å². The van der Waals surface area contributed by atoms with Crippen molar-refractivity contribution in [1.29, 1.82) is 5.26 Å². The second kappa shape index (κ2) is 7.01. The number of hydrogen-bond acceptors (Lipinski definition) is 3. The molecule has 0 saturated carbocycles. The summed E-state index contributed by atoms with van der Waals surface area (Å²) in [6, 6.07) is 7.33. The highest BCUT2D eigenvalue weighted by Crippen LogP contribution is 2.09. The van der Waals surface area contributed by atoms with Gasteiger partial charge in [0.1, 0.15) is 6.04 Å². The Labute approximate surface area is 111 Å². The van der Waals surface area contributed by atoms with E-state index in [2.05, 4.69) is 10.6 Å². The molecule has 1 aromatic carbocycles. The van der Waals surface area contributed by atoms with Crippen molar-refractivity contribution in [3.05, 3.63) is 29.8 Å². The zero-order valence-corrected chi connectivity index (χ0v) is 10.5. The lowest BCUT2D eigenvalue weighted by molar-refractivity contribution is -0.139. The molecule has 100 valence electrons. The van der Waals surface area contributed by atoms with Crippen LogP contribution < -0.4 is 10.6 Å². The Morgan fingerprint density at radius 3 is 2.47 bits per heavy atom. The molecule has 0 aliphatic rings. The van der Waals surface area contributed by atoms with E-state index < -0.39 is 18.0 Å². The molecule has 1 aromatic rings. The van der Waals surface area contributed by atoms with Gasteiger partial charge in [-0.2, -0.15) is 5.26 Å². The SMILES string of the molecule is CCC(NC(=O)Nc1ccc(CC#N)cc1)C(=O)O. The van der Waals surface area contributed by atoms with Gasteiger partial charge in [0, 0.05) is 5.69 Å². The van der Waals surface area contributed by atoms with Gasteiger partial charge in [0.15, 0.2) is 0 Å². The number of amides is 2. The summed E-state index contributed by atoms with van der Waals surface area (Å²) in [4.78, 5) is 22.3. The predicted molar refractivity (Wildman–Crippen MR) is 69.6 cm³/mol. The predicted octanol–water partition coefficient (Wildman–Crippen LogP) is 1.74. The minimum Gasteiger partial charge on any atom is -0.480 e. The summed E-state index contributed by atoms with van der Waals surface area (Å²) in [6.07, 6.45) is 0.618. The standard InChI is InChI=1S/C13H15N3O3/c1-2-11(12(17)18)16-13(19)15-10-5-3-9(4-6-10)7-8-14/h3-6,11H,2,7H2,1H3,(H,17,18)(H2,15,16,19). The summed E-state index contributed by atoms with van der Waals surface area (Å²) in [5.41, 5.74) is 1.39. The average Bonchev–Trinajstić information content (AvgIpc) is 2.38. The summed E-state index contributed by atoms with van der Waals surface area (Å²) in [6.45, 7) is 1.68. The van der Waals surface area contributed by atoms with Gasteiger partial charge in [-0.05, 0) is 24.1 Å². The number of carboxylic acid groups (broad SMARTS) is 1. The number of nitrogens with one attached hydrogen (secondary N) is 2. The first kappa shape index (κ1) is 14.5. The molecule has 19 heavy (non-hydrogen) atoms. The van der Waals surface area contributed by atoms with Gasteiger partial charge in [-0.15, -0.1) is 0 Å². The number of aliphatic carboxylic acids is 1. The Bertz CT molecular complexity index is 491. The van der Waals surface area contributed by atoms with Crippen LogP contribution in [0.2, 0.25) is 0 Å². The Hall–Kier alpha value is -2.55. The van der Waals surface area contributed by atoms with E-state index in [1.54, 1.807) is 31.2 Å². The molecular weight excluding hydrogens is 246 g/mol. The van der Waals surface area contributed by atoms with E-state index in [9.17, 15) is 9.59 Å². The van der Waals surface area contributed by atoms with E-state index in [0.29, 0.717) is 18.5 Å². The number of hydrogen-bond donors (Lipinski definition) is 3. The number of anilines is 1. The molecule has 0 heterocycles. The lowest BCUT2D eigenvalue weighted by Crippen LogP contribution is -2.42. The summed E-state index contributed by atoms with van der Waals surface area (Å²) in [7, 11) is 0. The molecule has 1 atom stereocenters. The maximum absolute atomic E-state index is 11.6. The molecule has 0 bridgehead atoms. The third-order valence-electron chi connectivity index (χ3n) is 2.51. The minimum atomic E-state index is -1.07. The molecule has 1 unspecified atom stereocenters. The van der Waals surface area contributed by atoms with Crippen molar-refractivity contribution < 1.29 is 14.7 Å². The number of carboxylic acids is 1. The molecule has 0 aliphatic carbocycles. The van der Waals surface area contributed by atoms with Crippen molar-refractivity contribution in [1.82, 2.24) is 5.32 Å². The highest BCUT2D eigenvalue weighted by molar-refractivity contribution is 5.92. The topological polar surface area (TPSA) is 102 Å². The van der Waals surface area contributed by atoms with Crippen LogP contribution in [0.3, 0.4) is 0 Å². The second-order valence-corrected chi connectivity index (χ2v) is 3.93. The number of rotatable bonds is 5. The Balaban J connectivity index is 2.57. The van der Waals surface area contributed by atoms with Crippen LogP contribution >= 0.6 is 0 Å². The number of nitrogens with zero attached hydrogens (tertiary/aromatic N) is 1. The third-order valence-corrected chi connectivity index (χ3v) is 2.51. The lowest BCUT2D eigenvalue weighted by atomic mass is 10.1. The van der Waals surface area contributed by atoms with Gasteiger partial charge in [-0.1, -0.05) is 19.1 Å². The van der Waals surface area contributed by atoms with Crippen LogP contribution in [0.25, 0.3) is 0 Å². The summed E-state index contributed by atoms with van der Waals surface area (Å²) in [5.74, 6) is -1.07. The quantitative estimate of drug-likeness (QED) is 0.751. The monoisotopic (exact) mass is 261 g/mol. The van der Waals surface area contributed by atoms with Gasteiger partial charge in [0.05, 0.1) is 12.5 Å². The maximum Gasteiger partial charge on any atom is 0.326 e. The molecule has 0 spiro atoms. The van der Waals surface area contributed by atoms with Gasteiger partial charge < -0.3 is 15.7 Å². The summed E-state index contributed by atoms with van der Waals surface area (Å²) >= 11 is 0. The number of urea groups is 1. The lowest BCUT2D eigenvalue weighted by Gasteiger charge is -2.13. The van der Waals surface area contributed by atoms with E-state index in [0.717, 1.165) is 5.56 Å². The zero-order valence-electron chi connectivity index (χ0n) is 10.5. The van der Waals surface area contributed by atoms with Crippen LogP contribution in [-0.4, -0.2) is 23.1 Å². The summed E-state index contributed by atoms with van der Waals surface area (Å²) in [5, 5.41) is 22.2. The fourth-order valence-corrected chi connectivity index (χ4v) is 1.46. The van der Waals surface area contributed by atoms with Gasteiger partial charge in [0.25, 0.3) is 0 Å². The Morgan fingerprint density at radius 2 is 2.00 bits per heavy atom. The van der Waals surface area contributed by atoms with Crippen LogP contribution in [0.5, 0.6) is 0 Å². The van der Waals surface area contributed by atoms with E-state index in [-0.39, 0.29) is 0 Å². The number of benzene rings is 1. The molecule has 1 rings (SSSR count). The Morgan fingerprint density at radius 1 is 1.37 bits per heavy atom. The Kier molecular flexibility index (Phi) is 5.35. The van der Waals surface area contributed by atoms with Crippen molar-refractivity contribution in [2.24, 2.45) is 0 Å². The normalized spacial score (nSPS) is 11.2. The number of carbonyl (C=O) groups is 2. The highest BCUT2D eigenvalue weighted by Gasteiger charge is 2.17. The van der Waals surface area contributed by atoms with Crippen molar-refractivity contribution in [3.63, 3.8) is 0 Å². The number of carbonyl (C=O) groups excluding carboxylic acids is 1. The minimum absolute atomic E-state index is 0.309. The van der Waals surface area contributed by atoms with E-state index in [1.807, 2.05) is 6.07 Å². The molecular formula is C13H15N3O3. The van der Waals surface area contributed by atoms with Crippen molar-refractivity contribution in [2.75, 3.05) is 5.32 Å². The molecule has 6 heteroatoms. The molecule has 0 aromatic heterocycles. The van der Waals surface area contributed by atoms with Crippen molar-refractivity contribution in [2.45, 2.75) is 25.8 Å². The molecule has 6 nitrogen and oxygen atoms in total. The van der Waals surface area contributed by atoms with Gasteiger partial charge in [0.2, 0.25) is 0 Å². The van der Waals surface area contributed by atoms with Crippen LogP contribution in [0.1, 0.15) is 18.9 Å². The van der Waals surface area contributed by atoms with Crippen molar-refractivity contribution >= 4 is 17.7 Å². The van der Waals surface area contributed by atoms with Crippen LogP contribution in [0.15, 0.2) is 24.3 Å². The van der Waals surface area contributed by atoms with Crippen LogP contribution in [-0.2, 0) is 11.2 Å². The smallest absolute Gasteiger partial charge is 0.326 e. The number of nitriles is 1. The largest absolute Gasteiger partial charge is 0.480 e. The maximum atomic E-state index is 11.6. The zero-order chi connectivity index (χ0) is 14.3. The third kappa shape index (κ3) is 4.68. The van der Waals surface area contributed by atoms with Crippen molar-refractivity contribution in [3.8, 4) is 6.07 Å². The van der Waals surface area contributed by atoms with E-state index >= 15 is 0 Å². The first-order valence-electron chi connectivity index (χ1n) is 5.83. The van der Waals surface area contributed by atoms with E-state index in [4.69, 9.17) is 10.4 Å². The van der Waals surface area contributed by atoms with Crippen LogP contribution in [0.4, 0.5) is 10.5 Å². The van der Waals surface area contributed by atoms with E-state index in [1.165, 1.54) is 0 Å². The molecule has 0 aliphatic heterocycles. The fourth-order valence-electron chi connectivity index (χ4n) is 1.46. The molecule has 0 fully saturated rings. The molecule has 3 N–H and O–H groups in total. The van der Waals surface area contributed by atoms with Gasteiger partial charge in [-0.25, -0.2) is 9.59 Å². The first-order chi connectivity index (χ1) is 9.06. The molecule has 0 saturated heterocycles. The first-order valence-corrected chi connectivity index (χ1v) is 5.83. The van der Waals surface area contributed by atoms with Gasteiger partial charge in [-0.3, -0.25) is 0 Å². The second-order valence-electron chi connectivity index (χ2n) is 3.93. The average molecular weight is 261 g/mol.